The van der Waals surface area contributed by atoms with Crippen LogP contribution in [0.1, 0.15) is 0 Å². The molecule has 0 aliphatic rings. The average Bonchev–Trinajstić information content (AvgIpc) is 2.99. The number of phenols is 1. The molecular formula is C21H17N9O12S3. The van der Waals surface area contributed by atoms with Gasteiger partial charge in [-0.2, -0.15) is 8.42 Å². The highest BCUT2D eigenvalue weighted by Gasteiger charge is 2.21. The number of nitro groups is 1. The average molecular weight is 684 g/mol. The second-order valence-corrected chi connectivity index (χ2v) is 10.6. The van der Waals surface area contributed by atoms with Crippen molar-refractivity contribution in [2.75, 3.05) is 27.2 Å². The van der Waals surface area contributed by atoms with Gasteiger partial charge in [0.2, 0.25) is 0 Å². The van der Waals surface area contributed by atoms with Crippen LogP contribution in [-0.4, -0.2) is 48.5 Å². The van der Waals surface area contributed by atoms with E-state index < -0.39 is 31.8 Å². The van der Waals surface area contributed by atoms with Crippen molar-refractivity contribution in [1.82, 2.24) is 15.0 Å². The fraction of sp³-hybridized carbons (Fsp3) is 0. The zero-order valence-electron chi connectivity index (χ0n) is 21.7. The summed E-state index contributed by atoms with van der Waals surface area (Å²) in [5, 5.41) is 53.1. The number of nitrogens with one attached hydrogen (secondary N) is 4. The normalized spacial score (nSPS) is 11.0. The first-order valence-electron chi connectivity index (χ1n) is 11.4. The first-order chi connectivity index (χ1) is 21.5. The zero-order chi connectivity index (χ0) is 32.6. The fourth-order valence-corrected chi connectivity index (χ4v) is 4.81. The summed E-state index contributed by atoms with van der Waals surface area (Å²) in [6.45, 7) is 0. The lowest BCUT2D eigenvalue weighted by Crippen LogP contribution is -2.14. The van der Waals surface area contributed by atoms with Gasteiger partial charge in [0.25, 0.3) is 10.1 Å². The van der Waals surface area contributed by atoms with Crippen LogP contribution in [0.5, 0.6) is 5.75 Å². The molecular weight excluding hydrogens is 666 g/mol. The third-order valence-corrected chi connectivity index (χ3v) is 6.98. The molecule has 3 aromatic carbocycles. The lowest BCUT2D eigenvalue weighted by atomic mass is 10.1. The molecule has 4 rings (SSSR count). The first kappa shape index (κ1) is 33.0. The van der Waals surface area contributed by atoms with Gasteiger partial charge in [0.15, 0.2) is 0 Å². The molecule has 236 valence electrons. The quantitative estimate of drug-likeness (QED) is 0.0112. The van der Waals surface area contributed by atoms with E-state index in [1.165, 1.54) is 24.3 Å². The number of fused-ring (bicyclic) bond motifs is 1. The Morgan fingerprint density at radius 3 is 2.47 bits per heavy atom. The van der Waals surface area contributed by atoms with Crippen molar-refractivity contribution in [2.24, 2.45) is 0 Å². The Morgan fingerprint density at radius 2 is 1.76 bits per heavy atom. The molecule has 0 fully saturated rings. The monoisotopic (exact) mass is 683 g/mol. The molecule has 45 heavy (non-hydrogen) atoms. The van der Waals surface area contributed by atoms with Crippen molar-refractivity contribution >= 4 is 85.6 Å². The molecule has 21 nitrogen and oxygen atoms in total. The van der Waals surface area contributed by atoms with Crippen molar-refractivity contribution in [3.8, 4) is 17.0 Å². The topological polar surface area (TPSA) is 308 Å². The molecule has 0 atom stereocenters. The van der Waals surface area contributed by atoms with Crippen molar-refractivity contribution in [1.29, 1.82) is 0 Å². The van der Waals surface area contributed by atoms with Gasteiger partial charge in [-0.1, -0.05) is 16.1 Å². The number of phenolic OH excluding ortho intramolecular Hbond substituents is 1. The highest BCUT2D eigenvalue weighted by atomic mass is 32.2. The Balaban J connectivity index is 1.62. The van der Waals surface area contributed by atoms with Crippen LogP contribution in [-0.2, 0) is 28.9 Å². The predicted octanol–water partition coefficient (Wildman–Crippen LogP) is 3.48. The van der Waals surface area contributed by atoms with Crippen molar-refractivity contribution in [3.63, 3.8) is 0 Å². The number of anilines is 6. The van der Waals surface area contributed by atoms with Crippen LogP contribution in [0.25, 0.3) is 10.8 Å². The third-order valence-electron chi connectivity index (χ3n) is 5.22. The highest BCUT2D eigenvalue weighted by molar-refractivity contribution is 7.99. The second kappa shape index (κ2) is 14.7. The summed E-state index contributed by atoms with van der Waals surface area (Å²) in [7, 11) is -4.88. The van der Waals surface area contributed by atoms with Crippen LogP contribution in [0, 0.1) is 21.4 Å². The fourth-order valence-electron chi connectivity index (χ4n) is 3.54. The Labute approximate surface area is 259 Å². The van der Waals surface area contributed by atoms with E-state index in [0.29, 0.717) is 34.4 Å². The Bertz CT molecular complexity index is 1910. The maximum absolute atomic E-state index is 12.3. The van der Waals surface area contributed by atoms with Gasteiger partial charge >= 0.3 is 17.8 Å². The second-order valence-electron chi connectivity index (χ2n) is 7.97. The molecule has 0 bridgehead atoms. The molecule has 4 aromatic rings. The predicted molar refractivity (Wildman–Crippen MR) is 158 cm³/mol. The number of nitrogens with two attached hydrogens (primary N) is 1. The molecule has 0 saturated heterocycles. The molecule has 1 aromatic heterocycles. The molecule has 0 amide bonds. The van der Waals surface area contributed by atoms with Crippen LogP contribution in [0.3, 0.4) is 0 Å². The van der Waals surface area contributed by atoms with Gasteiger partial charge in [-0.15, -0.1) is 13.7 Å². The minimum Gasteiger partial charge on any atom is -0.507 e. The van der Waals surface area contributed by atoms with E-state index in [-0.39, 0.29) is 39.8 Å². The number of hydrazine groups is 1. The van der Waals surface area contributed by atoms with E-state index in [1.54, 1.807) is 12.1 Å². The molecule has 0 aliphatic carbocycles. The Kier molecular flexibility index (Phi) is 10.8. The lowest BCUT2D eigenvalue weighted by Gasteiger charge is -2.17. The molecule has 10 N–H and O–H groups in total. The van der Waals surface area contributed by atoms with Gasteiger partial charge in [-0.3, -0.25) is 20.7 Å². The Morgan fingerprint density at radius 1 is 1.00 bits per heavy atom. The van der Waals surface area contributed by atoms with Crippen LogP contribution >= 0.6 is 24.1 Å². The van der Waals surface area contributed by atoms with Crippen LogP contribution in [0.2, 0.25) is 0 Å². The molecule has 0 spiro atoms. The largest absolute Gasteiger partial charge is 0.507 e. The van der Waals surface area contributed by atoms with Crippen molar-refractivity contribution in [3.05, 3.63) is 52.6 Å². The summed E-state index contributed by atoms with van der Waals surface area (Å²) in [5.41, 5.74) is 11.5. The van der Waals surface area contributed by atoms with Crippen LogP contribution < -0.4 is 27.2 Å². The number of benzene rings is 3. The maximum atomic E-state index is 12.3. The molecule has 0 unspecified atom stereocenters. The van der Waals surface area contributed by atoms with E-state index in [4.69, 9.17) is 16.2 Å². The summed E-state index contributed by atoms with van der Waals surface area (Å²) >= 11 is 0.970. The molecule has 0 saturated carbocycles. The minimum atomic E-state index is -4.88. The maximum Gasteiger partial charge on any atom is 0.475 e. The van der Waals surface area contributed by atoms with Gasteiger partial charge in [0.1, 0.15) is 22.7 Å². The Hall–Kier alpha value is -4.94. The van der Waals surface area contributed by atoms with Gasteiger partial charge in [-0.05, 0) is 56.7 Å². The van der Waals surface area contributed by atoms with E-state index in [0.717, 1.165) is 6.07 Å². The first-order valence-corrected chi connectivity index (χ1v) is 14.3. The van der Waals surface area contributed by atoms with Crippen LogP contribution in [0.4, 0.5) is 40.6 Å². The molecule has 1 heterocycles. The van der Waals surface area contributed by atoms with E-state index in [1.807, 2.05) is 0 Å². The number of nitrogens with zero attached hydrogens (tertiary/aromatic N) is 4. The van der Waals surface area contributed by atoms with Gasteiger partial charge in [0, 0.05) is 21.9 Å². The third kappa shape index (κ3) is 8.58. The SMILES string of the molecule is Nc1ccc2cc(SOOO)cc(O)c2c1NNc1ccc(Nc2nc(NC#CSOOO)nc([N+](=O)[O-])n2)cc1S(=O)(=O)O. The van der Waals surface area contributed by atoms with Crippen LogP contribution in [0.15, 0.2) is 52.3 Å². The number of aromatic hydroxyl groups is 1. The number of rotatable bonds is 13. The van der Waals surface area contributed by atoms with Gasteiger partial charge in [0.05, 0.1) is 34.5 Å². The van der Waals surface area contributed by atoms with E-state index >= 15 is 0 Å². The summed E-state index contributed by atoms with van der Waals surface area (Å²) < 4.78 is 42.9. The molecule has 0 radical (unpaired) electrons. The summed E-state index contributed by atoms with van der Waals surface area (Å²) in [5.74, 6) is -1.95. The van der Waals surface area contributed by atoms with Crippen molar-refractivity contribution < 1.29 is 52.3 Å². The smallest absolute Gasteiger partial charge is 0.475 e. The van der Waals surface area contributed by atoms with E-state index in [2.05, 4.69) is 66.5 Å². The van der Waals surface area contributed by atoms with Gasteiger partial charge < -0.3 is 26.3 Å². The van der Waals surface area contributed by atoms with E-state index in [9.17, 15) is 28.2 Å². The standard InChI is InChI=1S/C21H17N9O12S3/c22-13-3-1-10-7-12(44-42-40-35)9-15(31)17(10)18(13)29-28-14-4-2-11(8-16(14)45(36,37)38)24-20-25-19(23-5-6-43-41-39-34)26-21(27-20)30(32)33/h1-4,7-9,28-29,31,34-35H,22H2,(H,36,37,38)(H2,23,24,25,26,27). The molecule has 24 heteroatoms. The number of hydrogen-bond donors (Lipinski definition) is 9. The zero-order valence-corrected chi connectivity index (χ0v) is 24.1. The lowest BCUT2D eigenvalue weighted by molar-refractivity contribution is -0.432. The number of nitrogen functional groups attached to an aromatic ring is 1. The van der Waals surface area contributed by atoms with Crippen molar-refractivity contribution in [2.45, 2.75) is 9.79 Å². The summed E-state index contributed by atoms with van der Waals surface area (Å²) in [4.78, 5) is 21.2. The van der Waals surface area contributed by atoms with Gasteiger partial charge in [-0.25, -0.2) is 10.5 Å². The highest BCUT2D eigenvalue weighted by Crippen LogP contribution is 2.39. The summed E-state index contributed by atoms with van der Waals surface area (Å²) in [6, 6.07) is 11.7. The number of hydrogen-bond acceptors (Lipinski definition) is 21. The number of aromatic nitrogens is 3. The minimum absolute atomic E-state index is 0.0313. The summed E-state index contributed by atoms with van der Waals surface area (Å²) in [6.07, 6.45) is 0. The molecule has 0 aliphatic heterocycles.